The monoisotopic (exact) mass is 367 g/mol. The molecule has 1 aromatic carbocycles. The highest BCUT2D eigenvalue weighted by atomic mass is 32.2. The Labute approximate surface area is 157 Å². The molecule has 2 atom stereocenters. The van der Waals surface area contributed by atoms with Gasteiger partial charge in [-0.05, 0) is 49.6 Å². The zero-order valence-electron chi connectivity index (χ0n) is 14.6. The highest BCUT2D eigenvalue weighted by molar-refractivity contribution is 8.13. The van der Waals surface area contributed by atoms with Crippen molar-refractivity contribution in [1.82, 2.24) is 0 Å². The van der Waals surface area contributed by atoms with E-state index in [-0.39, 0.29) is 5.54 Å². The maximum atomic E-state index is 5.45. The molecule has 0 fully saturated rings. The lowest BCUT2D eigenvalue weighted by atomic mass is 9.68. The Hall–Kier alpha value is -1.39. The smallest absolute Gasteiger partial charge is 0.218 e. The summed E-state index contributed by atoms with van der Waals surface area (Å²) < 4.78 is 2.32. The molecule has 0 saturated heterocycles. The van der Waals surface area contributed by atoms with Gasteiger partial charge >= 0.3 is 5.17 Å². The van der Waals surface area contributed by atoms with Crippen LogP contribution in [0.15, 0.2) is 41.4 Å². The summed E-state index contributed by atoms with van der Waals surface area (Å²) in [6.45, 7) is 3.32. The van der Waals surface area contributed by atoms with E-state index in [2.05, 4.69) is 54.1 Å². The second kappa shape index (κ2) is 6.10. The van der Waals surface area contributed by atoms with E-state index >= 15 is 0 Å². The standard InChI is InChI=1S/C21H23N2S2/c1-15-13-18-19(25-15)8-7-17(14-16-5-3-2-4-6-16)21(18)9-12-24-20(22-21)23-10-11-23/h2-6,10,13,17H,7-9,11-12,14H2,1H3/q+1. The Bertz CT molecular complexity index is 865. The summed E-state index contributed by atoms with van der Waals surface area (Å²) in [5.74, 6) is 1.79. The van der Waals surface area contributed by atoms with Crippen molar-refractivity contribution in [2.24, 2.45) is 10.9 Å². The lowest BCUT2D eigenvalue weighted by Gasteiger charge is -2.38. The van der Waals surface area contributed by atoms with Crippen molar-refractivity contribution < 1.29 is 4.58 Å². The number of fused-ring (bicyclic) bond motifs is 2. The molecule has 3 aliphatic rings. The van der Waals surface area contributed by atoms with Gasteiger partial charge in [0.15, 0.2) is 5.54 Å². The first-order valence-electron chi connectivity index (χ1n) is 9.21. The molecule has 0 saturated carbocycles. The molecule has 3 heterocycles. The van der Waals surface area contributed by atoms with Crippen LogP contribution in [0.25, 0.3) is 0 Å². The number of hydrogen-bond acceptors (Lipinski definition) is 3. The lowest BCUT2D eigenvalue weighted by molar-refractivity contribution is -0.299. The summed E-state index contributed by atoms with van der Waals surface area (Å²) in [4.78, 5) is 8.48. The van der Waals surface area contributed by atoms with Gasteiger partial charge in [0, 0.05) is 33.4 Å². The highest BCUT2D eigenvalue weighted by Crippen LogP contribution is 2.51. The minimum Gasteiger partial charge on any atom is -0.218 e. The number of thiophene rings is 1. The molecule has 1 aliphatic carbocycles. The number of aryl methyl sites for hydroxylation is 2. The van der Waals surface area contributed by atoms with Crippen LogP contribution in [-0.4, -0.2) is 28.3 Å². The molecule has 4 heteroatoms. The molecule has 5 rings (SSSR count). The van der Waals surface area contributed by atoms with Crippen LogP contribution in [-0.2, 0) is 18.4 Å². The lowest BCUT2D eigenvalue weighted by Crippen LogP contribution is -2.42. The fraction of sp³-hybridized carbons (Fsp3) is 0.429. The van der Waals surface area contributed by atoms with Crippen molar-refractivity contribution in [1.29, 1.82) is 0 Å². The Morgan fingerprint density at radius 2 is 2.12 bits per heavy atom. The molecule has 2 unspecified atom stereocenters. The molecule has 1 aromatic heterocycles. The summed E-state index contributed by atoms with van der Waals surface area (Å²) in [6, 6.07) is 13.5. The number of nitrogens with zero attached hydrogens (tertiary/aromatic N) is 2. The summed E-state index contributed by atoms with van der Waals surface area (Å²) in [5, 5.41) is 1.25. The maximum absolute atomic E-state index is 5.45. The molecule has 2 nitrogen and oxygen atoms in total. The van der Waals surface area contributed by atoms with Crippen LogP contribution in [0, 0.1) is 12.8 Å². The number of hydrogen-bond donors (Lipinski definition) is 0. The van der Waals surface area contributed by atoms with Crippen LogP contribution < -0.4 is 0 Å². The van der Waals surface area contributed by atoms with E-state index < -0.39 is 0 Å². The van der Waals surface area contributed by atoms with E-state index in [1.807, 2.05) is 23.1 Å². The van der Waals surface area contributed by atoms with Gasteiger partial charge in [-0.2, -0.15) is 0 Å². The Kier molecular flexibility index (Phi) is 3.86. The van der Waals surface area contributed by atoms with E-state index in [9.17, 15) is 0 Å². The quantitative estimate of drug-likeness (QED) is 0.706. The molecule has 0 bridgehead atoms. The summed E-state index contributed by atoms with van der Waals surface area (Å²) in [5.41, 5.74) is 2.99. The van der Waals surface area contributed by atoms with Gasteiger partial charge in [0.25, 0.3) is 0 Å². The highest BCUT2D eigenvalue weighted by Gasteiger charge is 2.52. The van der Waals surface area contributed by atoms with Crippen molar-refractivity contribution in [3.63, 3.8) is 0 Å². The largest absolute Gasteiger partial charge is 0.354 e. The van der Waals surface area contributed by atoms with Gasteiger partial charge in [-0.15, -0.1) is 11.3 Å². The van der Waals surface area contributed by atoms with Gasteiger partial charge in [-0.1, -0.05) is 35.3 Å². The van der Waals surface area contributed by atoms with Crippen LogP contribution in [0.4, 0.5) is 0 Å². The normalized spacial score (nSPS) is 27.6. The molecular weight excluding hydrogens is 344 g/mol. The van der Waals surface area contributed by atoms with Gasteiger partial charge in [-0.3, -0.25) is 0 Å². The number of aliphatic imine (C=N–C) groups is 1. The summed E-state index contributed by atoms with van der Waals surface area (Å²) in [6.07, 6.45) is 7.05. The molecular formula is C21H23N2S2+. The molecule has 0 radical (unpaired) electrons. The number of benzene rings is 1. The predicted molar refractivity (Wildman–Crippen MR) is 108 cm³/mol. The van der Waals surface area contributed by atoms with E-state index in [1.54, 1.807) is 10.4 Å². The minimum atomic E-state index is -0.00873. The molecule has 2 aromatic rings. The first kappa shape index (κ1) is 15.8. The van der Waals surface area contributed by atoms with Gasteiger partial charge in [0.1, 0.15) is 12.8 Å². The molecule has 2 aliphatic heterocycles. The summed E-state index contributed by atoms with van der Waals surface area (Å²) in [7, 11) is 0. The average Bonchev–Trinajstić information content (AvgIpc) is 3.41. The fourth-order valence-corrected chi connectivity index (χ4v) is 6.71. The zero-order chi connectivity index (χ0) is 16.9. The number of rotatable bonds is 2. The first-order chi connectivity index (χ1) is 12.2. The topological polar surface area (TPSA) is 15.4 Å². The third-order valence-electron chi connectivity index (χ3n) is 5.74. The molecule has 0 N–H and O–H groups in total. The summed E-state index contributed by atoms with van der Waals surface area (Å²) >= 11 is 3.93. The van der Waals surface area contributed by atoms with Crippen LogP contribution in [0.5, 0.6) is 0 Å². The SMILES string of the molecule is Cc1cc2c(s1)CCC(Cc1ccccc1)C21CCSC([N+]2=CC2)=N1. The second-order valence-corrected chi connectivity index (χ2v) is 9.77. The van der Waals surface area contributed by atoms with E-state index in [0.717, 1.165) is 13.0 Å². The van der Waals surface area contributed by atoms with Crippen LogP contribution in [0.2, 0.25) is 0 Å². The second-order valence-electron chi connectivity index (χ2n) is 7.37. The molecule has 25 heavy (non-hydrogen) atoms. The minimum absolute atomic E-state index is 0.00873. The third kappa shape index (κ3) is 2.80. The molecule has 1 spiro atoms. The van der Waals surface area contributed by atoms with Crippen molar-refractivity contribution in [3.05, 3.63) is 57.3 Å². The Morgan fingerprint density at radius 1 is 1.28 bits per heavy atom. The van der Waals surface area contributed by atoms with Gasteiger partial charge in [-0.25, -0.2) is 4.58 Å². The Morgan fingerprint density at radius 3 is 2.92 bits per heavy atom. The van der Waals surface area contributed by atoms with E-state index in [0.29, 0.717) is 5.92 Å². The molecule has 128 valence electrons. The number of thioether (sulfide) groups is 1. The van der Waals surface area contributed by atoms with Gasteiger partial charge in [0.2, 0.25) is 0 Å². The average molecular weight is 368 g/mol. The van der Waals surface area contributed by atoms with Gasteiger partial charge < -0.3 is 0 Å². The predicted octanol–water partition coefficient (Wildman–Crippen LogP) is 4.65. The third-order valence-corrected chi connectivity index (χ3v) is 7.84. The van der Waals surface area contributed by atoms with Gasteiger partial charge in [0.05, 0.1) is 0 Å². The van der Waals surface area contributed by atoms with Crippen molar-refractivity contribution in [3.8, 4) is 0 Å². The van der Waals surface area contributed by atoms with E-state index in [1.165, 1.54) is 40.6 Å². The van der Waals surface area contributed by atoms with Crippen LogP contribution >= 0.6 is 23.1 Å². The zero-order valence-corrected chi connectivity index (χ0v) is 16.2. The molecule has 0 amide bonds. The van der Waals surface area contributed by atoms with Crippen molar-refractivity contribution in [2.75, 3.05) is 12.3 Å². The maximum Gasteiger partial charge on any atom is 0.354 e. The van der Waals surface area contributed by atoms with Crippen LogP contribution in [0.3, 0.4) is 0 Å². The van der Waals surface area contributed by atoms with Crippen molar-refractivity contribution in [2.45, 2.75) is 38.1 Å². The Balaban J connectivity index is 1.60. The number of amidine groups is 1. The van der Waals surface area contributed by atoms with E-state index in [4.69, 9.17) is 4.99 Å². The van der Waals surface area contributed by atoms with Crippen molar-refractivity contribution >= 4 is 34.5 Å². The first-order valence-corrected chi connectivity index (χ1v) is 11.0. The fourth-order valence-electron chi connectivity index (χ4n) is 4.44. The van der Waals surface area contributed by atoms with Crippen LogP contribution in [0.1, 0.15) is 33.7 Å².